The SMILES string of the molecule is CC(OC(=O)c1cc(Cl)c[nH]1)C(=O)c1cccc(Cl)c1. The number of nitrogens with one attached hydrogen (secondary N) is 1. The van der Waals surface area contributed by atoms with Gasteiger partial charge in [0.1, 0.15) is 5.69 Å². The summed E-state index contributed by atoms with van der Waals surface area (Å²) in [4.78, 5) is 26.5. The van der Waals surface area contributed by atoms with Crippen molar-refractivity contribution in [3.05, 3.63) is 57.8 Å². The Bertz CT molecular complexity index is 651. The first-order valence-corrected chi connectivity index (χ1v) is 6.57. The van der Waals surface area contributed by atoms with E-state index in [1.807, 2.05) is 0 Å². The van der Waals surface area contributed by atoms with E-state index < -0.39 is 12.1 Å². The van der Waals surface area contributed by atoms with Crippen molar-refractivity contribution in [2.75, 3.05) is 0 Å². The van der Waals surface area contributed by atoms with Crippen LogP contribution in [-0.2, 0) is 4.74 Å². The zero-order valence-corrected chi connectivity index (χ0v) is 12.0. The van der Waals surface area contributed by atoms with Gasteiger partial charge in [-0.2, -0.15) is 0 Å². The molecule has 2 aromatic rings. The Hall–Kier alpha value is -1.78. The Kier molecular flexibility index (Phi) is 4.47. The van der Waals surface area contributed by atoms with Gasteiger partial charge in [0.05, 0.1) is 5.02 Å². The summed E-state index contributed by atoms with van der Waals surface area (Å²) in [5.74, 6) is -0.960. The summed E-state index contributed by atoms with van der Waals surface area (Å²) in [5.41, 5.74) is 0.586. The summed E-state index contributed by atoms with van der Waals surface area (Å²) in [7, 11) is 0. The van der Waals surface area contributed by atoms with E-state index in [0.717, 1.165) is 0 Å². The van der Waals surface area contributed by atoms with Crippen molar-refractivity contribution in [3.63, 3.8) is 0 Å². The van der Waals surface area contributed by atoms with Gasteiger partial charge in [0.15, 0.2) is 6.10 Å². The van der Waals surface area contributed by atoms with Gasteiger partial charge >= 0.3 is 5.97 Å². The highest BCUT2D eigenvalue weighted by Crippen LogP contribution is 2.15. The van der Waals surface area contributed by atoms with Gasteiger partial charge in [0, 0.05) is 16.8 Å². The lowest BCUT2D eigenvalue weighted by molar-refractivity contribution is 0.0314. The highest BCUT2D eigenvalue weighted by molar-refractivity contribution is 6.31. The number of aromatic amines is 1. The van der Waals surface area contributed by atoms with Crippen LogP contribution in [0.2, 0.25) is 10.0 Å². The Morgan fingerprint density at radius 1 is 1.20 bits per heavy atom. The molecular weight excluding hydrogens is 301 g/mol. The predicted molar refractivity (Wildman–Crippen MR) is 76.5 cm³/mol. The van der Waals surface area contributed by atoms with Crippen LogP contribution in [0.25, 0.3) is 0 Å². The number of hydrogen-bond donors (Lipinski definition) is 1. The summed E-state index contributed by atoms with van der Waals surface area (Å²) in [5, 5.41) is 0.844. The molecule has 0 aliphatic carbocycles. The molecule has 4 nitrogen and oxygen atoms in total. The van der Waals surface area contributed by atoms with E-state index in [2.05, 4.69) is 4.98 Å². The van der Waals surface area contributed by atoms with E-state index in [1.54, 1.807) is 18.2 Å². The fraction of sp³-hybridized carbons (Fsp3) is 0.143. The molecular formula is C14H11Cl2NO3. The third kappa shape index (κ3) is 3.40. The van der Waals surface area contributed by atoms with Crippen LogP contribution in [0.5, 0.6) is 0 Å². The van der Waals surface area contributed by atoms with Crippen LogP contribution in [0.3, 0.4) is 0 Å². The summed E-state index contributed by atoms with van der Waals surface area (Å²) >= 11 is 11.5. The van der Waals surface area contributed by atoms with Crippen molar-refractivity contribution in [2.24, 2.45) is 0 Å². The first-order chi connectivity index (χ1) is 9.47. The van der Waals surface area contributed by atoms with E-state index in [-0.39, 0.29) is 11.5 Å². The van der Waals surface area contributed by atoms with Crippen LogP contribution in [-0.4, -0.2) is 22.8 Å². The minimum absolute atomic E-state index is 0.195. The van der Waals surface area contributed by atoms with Crippen LogP contribution in [0.1, 0.15) is 27.8 Å². The zero-order chi connectivity index (χ0) is 14.7. The van der Waals surface area contributed by atoms with Crippen molar-refractivity contribution in [2.45, 2.75) is 13.0 Å². The summed E-state index contributed by atoms with van der Waals surface area (Å²) in [6, 6.07) is 7.90. The third-order valence-electron chi connectivity index (χ3n) is 2.63. The first-order valence-electron chi connectivity index (χ1n) is 5.82. The minimum atomic E-state index is -0.914. The van der Waals surface area contributed by atoms with Gasteiger partial charge in [-0.1, -0.05) is 35.3 Å². The van der Waals surface area contributed by atoms with Crippen LogP contribution >= 0.6 is 23.2 Å². The lowest BCUT2D eigenvalue weighted by atomic mass is 10.1. The lowest BCUT2D eigenvalue weighted by Gasteiger charge is -2.11. The molecule has 2 rings (SSSR count). The second-order valence-electron chi connectivity index (χ2n) is 4.15. The van der Waals surface area contributed by atoms with Crippen molar-refractivity contribution in [1.82, 2.24) is 4.98 Å². The van der Waals surface area contributed by atoms with E-state index in [9.17, 15) is 9.59 Å². The monoisotopic (exact) mass is 311 g/mol. The van der Waals surface area contributed by atoms with Crippen LogP contribution < -0.4 is 0 Å². The van der Waals surface area contributed by atoms with Crippen molar-refractivity contribution >= 4 is 35.0 Å². The number of ketones is 1. The van der Waals surface area contributed by atoms with Crippen LogP contribution in [0, 0.1) is 0 Å². The Balaban J connectivity index is 2.06. The molecule has 0 spiro atoms. The van der Waals surface area contributed by atoms with Crippen molar-refractivity contribution in [3.8, 4) is 0 Å². The average molecular weight is 312 g/mol. The molecule has 6 heteroatoms. The Morgan fingerprint density at radius 2 is 1.95 bits per heavy atom. The zero-order valence-electron chi connectivity index (χ0n) is 10.5. The van der Waals surface area contributed by atoms with E-state index >= 15 is 0 Å². The van der Waals surface area contributed by atoms with E-state index in [0.29, 0.717) is 15.6 Å². The molecule has 0 aliphatic heterocycles. The molecule has 0 fully saturated rings. The van der Waals surface area contributed by atoms with Gasteiger partial charge < -0.3 is 9.72 Å². The van der Waals surface area contributed by atoms with Gasteiger partial charge in [-0.05, 0) is 25.1 Å². The number of carbonyl (C=O) groups is 2. The molecule has 0 bridgehead atoms. The molecule has 1 heterocycles. The van der Waals surface area contributed by atoms with Crippen molar-refractivity contribution < 1.29 is 14.3 Å². The standard InChI is InChI=1S/C14H11Cl2NO3/c1-8(13(18)9-3-2-4-10(15)5-9)20-14(19)12-6-11(16)7-17-12/h2-8,17H,1H3. The average Bonchev–Trinajstić information content (AvgIpc) is 2.84. The number of benzene rings is 1. The first kappa shape index (κ1) is 14.6. The number of esters is 1. The van der Waals surface area contributed by atoms with Gasteiger partial charge in [-0.3, -0.25) is 4.79 Å². The van der Waals surface area contributed by atoms with Gasteiger partial charge in [0.2, 0.25) is 5.78 Å². The van der Waals surface area contributed by atoms with Crippen LogP contribution in [0.15, 0.2) is 36.5 Å². The molecule has 20 heavy (non-hydrogen) atoms. The minimum Gasteiger partial charge on any atom is -0.450 e. The molecule has 1 unspecified atom stereocenters. The summed E-state index contributed by atoms with van der Waals surface area (Å²) < 4.78 is 5.08. The molecule has 104 valence electrons. The van der Waals surface area contributed by atoms with Gasteiger partial charge in [-0.15, -0.1) is 0 Å². The van der Waals surface area contributed by atoms with Gasteiger partial charge in [-0.25, -0.2) is 4.79 Å². The summed E-state index contributed by atoms with van der Waals surface area (Å²) in [6.07, 6.45) is 0.546. The second kappa shape index (κ2) is 6.11. The number of aromatic nitrogens is 1. The number of carbonyl (C=O) groups excluding carboxylic acids is 2. The highest BCUT2D eigenvalue weighted by atomic mass is 35.5. The van der Waals surface area contributed by atoms with Crippen LogP contribution in [0.4, 0.5) is 0 Å². The number of hydrogen-bond acceptors (Lipinski definition) is 3. The molecule has 0 radical (unpaired) electrons. The molecule has 1 aromatic carbocycles. The summed E-state index contributed by atoms with van der Waals surface area (Å²) in [6.45, 7) is 1.51. The van der Waals surface area contributed by atoms with E-state index in [4.69, 9.17) is 27.9 Å². The molecule has 0 aliphatic rings. The van der Waals surface area contributed by atoms with Gasteiger partial charge in [0.25, 0.3) is 0 Å². The fourth-order valence-corrected chi connectivity index (χ4v) is 1.99. The smallest absolute Gasteiger partial charge is 0.355 e. The van der Waals surface area contributed by atoms with Crippen molar-refractivity contribution in [1.29, 1.82) is 0 Å². The maximum Gasteiger partial charge on any atom is 0.355 e. The maximum absolute atomic E-state index is 12.1. The second-order valence-corrected chi connectivity index (χ2v) is 5.03. The molecule has 0 amide bonds. The third-order valence-corrected chi connectivity index (χ3v) is 3.08. The number of ether oxygens (including phenoxy) is 1. The largest absolute Gasteiger partial charge is 0.450 e. The molecule has 0 saturated carbocycles. The molecule has 1 N–H and O–H groups in total. The number of Topliss-reactive ketones (excluding diaryl/α,β-unsaturated/α-hetero) is 1. The maximum atomic E-state index is 12.1. The Morgan fingerprint density at radius 3 is 2.55 bits per heavy atom. The molecule has 1 atom stereocenters. The lowest BCUT2D eigenvalue weighted by Crippen LogP contribution is -2.24. The number of rotatable bonds is 4. The number of halogens is 2. The number of H-pyrrole nitrogens is 1. The molecule has 0 saturated heterocycles. The topological polar surface area (TPSA) is 59.2 Å². The Labute approximate surface area is 125 Å². The highest BCUT2D eigenvalue weighted by Gasteiger charge is 2.21. The van der Waals surface area contributed by atoms with E-state index in [1.165, 1.54) is 25.3 Å². The predicted octanol–water partition coefficient (Wildman–Crippen LogP) is 3.75. The molecule has 1 aromatic heterocycles. The fourth-order valence-electron chi connectivity index (χ4n) is 1.64. The normalized spacial score (nSPS) is 11.9. The quantitative estimate of drug-likeness (QED) is 0.691.